The Morgan fingerprint density at radius 2 is 2.10 bits per heavy atom. The van der Waals surface area contributed by atoms with Gasteiger partial charge in [-0.05, 0) is 38.8 Å². The maximum absolute atomic E-state index is 10.0. The minimum Gasteiger partial charge on any atom is -0.390 e. The highest BCUT2D eigenvalue weighted by molar-refractivity contribution is 5.83. The van der Waals surface area contributed by atoms with Crippen LogP contribution in [0.1, 0.15) is 31.2 Å². The van der Waals surface area contributed by atoms with Crippen molar-refractivity contribution in [1.29, 1.82) is 0 Å². The summed E-state index contributed by atoms with van der Waals surface area (Å²) in [6.07, 6.45) is 3.83. The highest BCUT2D eigenvalue weighted by Gasteiger charge is 2.47. The number of nitrogens with one attached hydrogen (secondary N) is 1. The molecule has 2 fully saturated rings. The molecule has 2 aliphatic rings. The van der Waals surface area contributed by atoms with Gasteiger partial charge in [-0.25, -0.2) is 9.97 Å². The number of anilines is 1. The number of aromatic nitrogens is 4. The number of benzene rings is 1. The Kier molecular flexibility index (Phi) is 4.72. The number of ether oxygens (including phenoxy) is 1. The van der Waals surface area contributed by atoms with Crippen LogP contribution in [0.4, 0.5) is 5.82 Å². The number of aromatic amines is 1. The van der Waals surface area contributed by atoms with Crippen molar-refractivity contribution in [2.75, 3.05) is 24.6 Å². The number of piperidine rings is 1. The first-order valence-corrected chi connectivity index (χ1v) is 10.5. The van der Waals surface area contributed by atoms with Crippen LogP contribution in [-0.4, -0.2) is 57.1 Å². The molecule has 2 saturated heterocycles. The zero-order valence-corrected chi connectivity index (χ0v) is 17.4. The van der Waals surface area contributed by atoms with Gasteiger partial charge in [-0.2, -0.15) is 5.10 Å². The van der Waals surface area contributed by atoms with Gasteiger partial charge < -0.3 is 20.5 Å². The van der Waals surface area contributed by atoms with Gasteiger partial charge in [0, 0.05) is 35.5 Å². The summed E-state index contributed by atoms with van der Waals surface area (Å²) in [4.78, 5) is 11.9. The van der Waals surface area contributed by atoms with E-state index in [9.17, 15) is 5.11 Å². The van der Waals surface area contributed by atoms with E-state index in [0.29, 0.717) is 5.69 Å². The lowest BCUT2D eigenvalue weighted by molar-refractivity contribution is 0.0973. The highest BCUT2D eigenvalue weighted by atomic mass is 16.5. The van der Waals surface area contributed by atoms with E-state index < -0.39 is 0 Å². The third-order valence-corrected chi connectivity index (χ3v) is 6.89. The summed E-state index contributed by atoms with van der Waals surface area (Å²) in [5.74, 6) is 0.776. The summed E-state index contributed by atoms with van der Waals surface area (Å²) in [6.45, 7) is 6.29. The lowest BCUT2D eigenvalue weighted by Gasteiger charge is -2.42. The molecule has 8 nitrogen and oxygen atoms in total. The minimum absolute atomic E-state index is 0.0533. The standard InChI is InChI=1S/C22H28N6O2/c1-13-19(15-3-4-17-16(9-15)10-24-27-17)26-18(11-29)21(25-13)28-7-5-22(6-8-28)12-30-14(2)20(22)23/h3-4,9-10,14,20,29H,5-8,11-12,23H2,1-2H3,(H,24,27)/t14-,20+/m0/s1. The zero-order chi connectivity index (χ0) is 20.9. The third kappa shape index (κ3) is 3.07. The predicted molar refractivity (Wildman–Crippen MR) is 115 cm³/mol. The Labute approximate surface area is 175 Å². The molecule has 158 valence electrons. The van der Waals surface area contributed by atoms with Crippen LogP contribution in [0.3, 0.4) is 0 Å². The monoisotopic (exact) mass is 408 g/mol. The van der Waals surface area contributed by atoms with Crippen LogP contribution in [0.25, 0.3) is 22.2 Å². The number of aliphatic hydroxyl groups is 1. The van der Waals surface area contributed by atoms with E-state index in [1.807, 2.05) is 25.1 Å². The second-order valence-electron chi connectivity index (χ2n) is 8.65. The quantitative estimate of drug-likeness (QED) is 0.608. The molecule has 0 radical (unpaired) electrons. The summed E-state index contributed by atoms with van der Waals surface area (Å²) < 4.78 is 5.83. The van der Waals surface area contributed by atoms with Gasteiger partial charge in [-0.3, -0.25) is 5.10 Å². The number of aryl methyl sites for hydroxylation is 1. The van der Waals surface area contributed by atoms with E-state index in [-0.39, 0.29) is 24.2 Å². The number of rotatable bonds is 3. The molecule has 2 atom stereocenters. The molecule has 3 aromatic rings. The van der Waals surface area contributed by atoms with E-state index in [1.165, 1.54) is 0 Å². The Morgan fingerprint density at radius 3 is 2.80 bits per heavy atom. The molecule has 2 aliphatic heterocycles. The molecule has 0 bridgehead atoms. The number of aliphatic hydroxyl groups excluding tert-OH is 1. The summed E-state index contributed by atoms with van der Waals surface area (Å²) in [5, 5.41) is 18.1. The van der Waals surface area contributed by atoms with Crippen molar-refractivity contribution >= 4 is 16.7 Å². The summed E-state index contributed by atoms with van der Waals surface area (Å²) in [6, 6.07) is 6.11. The van der Waals surface area contributed by atoms with E-state index in [0.717, 1.165) is 66.2 Å². The third-order valence-electron chi connectivity index (χ3n) is 6.89. The van der Waals surface area contributed by atoms with E-state index in [4.69, 9.17) is 20.4 Å². The normalized spacial score (nSPS) is 23.5. The van der Waals surface area contributed by atoms with Crippen molar-refractivity contribution in [3.05, 3.63) is 35.8 Å². The number of nitrogens with zero attached hydrogens (tertiary/aromatic N) is 4. The van der Waals surface area contributed by atoms with Gasteiger partial charge >= 0.3 is 0 Å². The molecule has 4 heterocycles. The van der Waals surface area contributed by atoms with E-state index >= 15 is 0 Å². The number of H-pyrrole nitrogens is 1. The van der Waals surface area contributed by atoms with Crippen molar-refractivity contribution in [3.8, 4) is 11.3 Å². The predicted octanol–water partition coefficient (Wildman–Crippen LogP) is 2.15. The van der Waals surface area contributed by atoms with Crippen LogP contribution < -0.4 is 10.6 Å². The average Bonchev–Trinajstić information content (AvgIpc) is 3.34. The number of nitrogens with two attached hydrogens (primary N) is 1. The van der Waals surface area contributed by atoms with Crippen LogP contribution >= 0.6 is 0 Å². The van der Waals surface area contributed by atoms with Crippen molar-refractivity contribution < 1.29 is 9.84 Å². The maximum atomic E-state index is 10.0. The SMILES string of the molecule is Cc1nc(N2CCC3(CC2)CO[C@@H](C)[C@H]3N)c(CO)nc1-c1ccc2[nH]ncc2c1. The van der Waals surface area contributed by atoms with Crippen molar-refractivity contribution in [2.24, 2.45) is 11.1 Å². The molecule has 0 unspecified atom stereocenters. The lowest BCUT2D eigenvalue weighted by Crippen LogP contribution is -2.51. The summed E-state index contributed by atoms with van der Waals surface area (Å²) in [5.41, 5.74) is 10.7. The molecule has 4 N–H and O–H groups in total. The first-order valence-electron chi connectivity index (χ1n) is 10.5. The number of hydrogen-bond acceptors (Lipinski definition) is 7. The maximum Gasteiger partial charge on any atom is 0.153 e. The Morgan fingerprint density at radius 1 is 1.30 bits per heavy atom. The van der Waals surface area contributed by atoms with Crippen LogP contribution in [-0.2, 0) is 11.3 Å². The first-order chi connectivity index (χ1) is 14.5. The van der Waals surface area contributed by atoms with Gasteiger partial charge in [0.2, 0.25) is 0 Å². The Balaban J connectivity index is 1.43. The molecular formula is C22H28N6O2. The lowest BCUT2D eigenvalue weighted by atomic mass is 9.73. The smallest absolute Gasteiger partial charge is 0.153 e. The second kappa shape index (κ2) is 7.30. The van der Waals surface area contributed by atoms with Gasteiger partial charge in [0.05, 0.1) is 42.4 Å². The van der Waals surface area contributed by atoms with Crippen LogP contribution in [0, 0.1) is 12.3 Å². The fourth-order valence-electron chi connectivity index (χ4n) is 4.90. The highest BCUT2D eigenvalue weighted by Crippen LogP contribution is 2.42. The molecule has 0 saturated carbocycles. The minimum atomic E-state index is -0.148. The Bertz CT molecular complexity index is 1070. The molecule has 5 rings (SSSR count). The van der Waals surface area contributed by atoms with Crippen molar-refractivity contribution in [1.82, 2.24) is 20.2 Å². The van der Waals surface area contributed by atoms with E-state index in [2.05, 4.69) is 22.0 Å². The van der Waals surface area contributed by atoms with Crippen LogP contribution in [0.15, 0.2) is 24.4 Å². The average molecular weight is 409 g/mol. The number of fused-ring (bicyclic) bond motifs is 1. The molecular weight excluding hydrogens is 380 g/mol. The van der Waals surface area contributed by atoms with Crippen LogP contribution in [0.2, 0.25) is 0 Å². The zero-order valence-electron chi connectivity index (χ0n) is 17.4. The molecule has 30 heavy (non-hydrogen) atoms. The van der Waals surface area contributed by atoms with Gasteiger partial charge in [0.15, 0.2) is 5.82 Å². The Hall–Kier alpha value is -2.55. The van der Waals surface area contributed by atoms with Crippen molar-refractivity contribution in [2.45, 2.75) is 45.4 Å². The molecule has 0 aliphatic carbocycles. The molecule has 0 amide bonds. The molecule has 1 spiro atoms. The van der Waals surface area contributed by atoms with Gasteiger partial charge in [0.1, 0.15) is 5.69 Å². The summed E-state index contributed by atoms with van der Waals surface area (Å²) in [7, 11) is 0. The molecule has 8 heteroatoms. The topological polar surface area (TPSA) is 113 Å². The first kappa shape index (κ1) is 19.4. The molecule has 2 aromatic heterocycles. The fourth-order valence-corrected chi connectivity index (χ4v) is 4.90. The molecule has 1 aromatic carbocycles. The van der Waals surface area contributed by atoms with Gasteiger partial charge in [-0.1, -0.05) is 6.07 Å². The summed E-state index contributed by atoms with van der Waals surface area (Å²) >= 11 is 0. The number of hydrogen-bond donors (Lipinski definition) is 3. The fraction of sp³-hybridized carbons (Fsp3) is 0.500. The van der Waals surface area contributed by atoms with E-state index in [1.54, 1.807) is 6.20 Å². The van der Waals surface area contributed by atoms with Gasteiger partial charge in [-0.15, -0.1) is 0 Å². The second-order valence-corrected chi connectivity index (χ2v) is 8.65. The van der Waals surface area contributed by atoms with Gasteiger partial charge in [0.25, 0.3) is 0 Å². The largest absolute Gasteiger partial charge is 0.390 e. The van der Waals surface area contributed by atoms with Crippen molar-refractivity contribution in [3.63, 3.8) is 0 Å². The van der Waals surface area contributed by atoms with Crippen LogP contribution in [0.5, 0.6) is 0 Å².